The number of aliphatic carboxylic acids is 2. The molecular weight excluding hydrogens is 452 g/mol. The Hall–Kier alpha value is -2.61. The highest BCUT2D eigenvalue weighted by molar-refractivity contribution is 5.76. The van der Waals surface area contributed by atoms with Gasteiger partial charge >= 0.3 is 17.9 Å². The van der Waals surface area contributed by atoms with E-state index < -0.39 is 24.5 Å². The van der Waals surface area contributed by atoms with Gasteiger partial charge in [-0.3, -0.25) is 9.59 Å². The molecule has 1 aromatic rings. The number of carbonyl (C=O) groups is 3. The average molecular weight is 491 g/mol. The highest BCUT2D eigenvalue weighted by atomic mass is 16.5. The summed E-state index contributed by atoms with van der Waals surface area (Å²) in [6.45, 7) is 1.74. The maximum Gasteiger partial charge on any atom is 0.341 e. The summed E-state index contributed by atoms with van der Waals surface area (Å²) in [5, 5.41) is 28.4. The van der Waals surface area contributed by atoms with E-state index >= 15 is 0 Å². The second kappa shape index (κ2) is 12.9. The molecule has 3 N–H and O–H groups in total. The van der Waals surface area contributed by atoms with Crippen molar-refractivity contribution >= 4 is 17.9 Å². The Balaban J connectivity index is 1.72. The van der Waals surface area contributed by atoms with Crippen molar-refractivity contribution in [2.24, 2.45) is 17.8 Å². The zero-order valence-corrected chi connectivity index (χ0v) is 20.5. The minimum Gasteiger partial charge on any atom is -0.482 e. The second-order valence-corrected chi connectivity index (χ2v) is 9.96. The third-order valence-electron chi connectivity index (χ3n) is 7.47. The molecule has 8 nitrogen and oxygen atoms in total. The summed E-state index contributed by atoms with van der Waals surface area (Å²) < 4.78 is 11.4. The van der Waals surface area contributed by atoms with Crippen LogP contribution in [-0.2, 0) is 32.0 Å². The monoisotopic (exact) mass is 490 g/mol. The second-order valence-electron chi connectivity index (χ2n) is 9.96. The van der Waals surface area contributed by atoms with Crippen molar-refractivity contribution in [2.45, 2.75) is 89.8 Å². The summed E-state index contributed by atoms with van der Waals surface area (Å²) in [6.07, 6.45) is 6.43. The van der Waals surface area contributed by atoms with Gasteiger partial charge in [0.15, 0.2) is 6.61 Å². The summed E-state index contributed by atoms with van der Waals surface area (Å²) in [4.78, 5) is 34.2. The number of hydrogen-bond acceptors (Lipinski definition) is 6. The number of fused-ring (bicyclic) bond motifs is 2. The summed E-state index contributed by atoms with van der Waals surface area (Å²) in [7, 11) is 0. The maximum atomic E-state index is 12.4. The first kappa shape index (κ1) is 27.0. The van der Waals surface area contributed by atoms with Crippen LogP contribution in [0.15, 0.2) is 18.2 Å². The third-order valence-corrected chi connectivity index (χ3v) is 7.47. The van der Waals surface area contributed by atoms with Crippen LogP contribution in [0.4, 0.5) is 0 Å². The Kier molecular flexibility index (Phi) is 9.95. The Bertz CT molecular complexity index is 882. The normalized spacial score (nSPS) is 23.7. The third kappa shape index (κ3) is 7.69. The topological polar surface area (TPSA) is 130 Å². The lowest BCUT2D eigenvalue weighted by Crippen LogP contribution is -2.30. The van der Waals surface area contributed by atoms with Gasteiger partial charge in [0.2, 0.25) is 0 Å². The fraction of sp³-hybridized carbons (Fsp3) is 0.667. The number of aliphatic hydroxyl groups is 1. The molecule has 5 atom stereocenters. The first-order valence-electron chi connectivity index (χ1n) is 12.8. The molecule has 1 aromatic carbocycles. The van der Waals surface area contributed by atoms with Crippen LogP contribution in [0.1, 0.15) is 75.8 Å². The lowest BCUT2D eigenvalue weighted by atomic mass is 9.73. The Morgan fingerprint density at radius 1 is 1.06 bits per heavy atom. The number of unbranched alkanes of at least 4 members (excludes halogenated alkanes) is 2. The van der Waals surface area contributed by atoms with Crippen LogP contribution in [0, 0.1) is 17.8 Å². The molecular formula is C27H38O8. The highest BCUT2D eigenvalue weighted by Crippen LogP contribution is 2.49. The minimum absolute atomic E-state index is 0.0892. The number of carbonyl (C=O) groups excluding carboxylic acids is 1. The molecule has 0 radical (unpaired) electrons. The molecule has 0 spiro atoms. The number of carboxylic acids is 2. The summed E-state index contributed by atoms with van der Waals surface area (Å²) in [5.74, 6) is -1.35. The fourth-order valence-electron chi connectivity index (χ4n) is 5.78. The first-order chi connectivity index (χ1) is 16.8. The Labute approximate surface area is 206 Å². The molecule has 1 saturated carbocycles. The molecule has 1 fully saturated rings. The predicted octanol–water partition coefficient (Wildman–Crippen LogP) is 4.00. The van der Waals surface area contributed by atoms with Crippen molar-refractivity contribution in [2.75, 3.05) is 6.61 Å². The molecule has 8 heteroatoms. The number of ether oxygens (including phenoxy) is 2. The van der Waals surface area contributed by atoms with Crippen molar-refractivity contribution in [1.29, 1.82) is 0 Å². The molecule has 0 amide bonds. The number of esters is 1. The lowest BCUT2D eigenvalue weighted by Gasteiger charge is -2.32. The van der Waals surface area contributed by atoms with E-state index in [0.29, 0.717) is 25.0 Å². The van der Waals surface area contributed by atoms with Crippen LogP contribution in [0.5, 0.6) is 5.75 Å². The molecule has 0 heterocycles. The number of benzene rings is 1. The average Bonchev–Trinajstić information content (AvgIpc) is 3.14. The van der Waals surface area contributed by atoms with Gasteiger partial charge in [-0.1, -0.05) is 38.3 Å². The predicted molar refractivity (Wildman–Crippen MR) is 128 cm³/mol. The molecule has 0 aromatic heterocycles. The van der Waals surface area contributed by atoms with Crippen molar-refractivity contribution in [1.82, 2.24) is 0 Å². The van der Waals surface area contributed by atoms with Gasteiger partial charge in [-0.25, -0.2) is 4.79 Å². The SMILES string of the molecule is CCCCC[C@H](O)CC[C@@H]1[C@H]2Cc3cccc(OCC(=O)O)c3C[C@H]2C[C@H]1OC(=O)CCC(=O)O. The van der Waals surface area contributed by atoms with E-state index in [9.17, 15) is 19.5 Å². The molecule has 0 unspecified atom stereocenters. The molecule has 194 valence electrons. The van der Waals surface area contributed by atoms with Gasteiger partial charge in [-0.15, -0.1) is 0 Å². The first-order valence-corrected chi connectivity index (χ1v) is 12.8. The van der Waals surface area contributed by atoms with Crippen LogP contribution >= 0.6 is 0 Å². The van der Waals surface area contributed by atoms with E-state index in [1.807, 2.05) is 12.1 Å². The summed E-state index contributed by atoms with van der Waals surface area (Å²) >= 11 is 0. The van der Waals surface area contributed by atoms with Crippen LogP contribution in [0.3, 0.4) is 0 Å². The van der Waals surface area contributed by atoms with Crippen molar-refractivity contribution < 1.29 is 39.2 Å². The quantitative estimate of drug-likeness (QED) is 0.264. The summed E-state index contributed by atoms with van der Waals surface area (Å²) in [6, 6.07) is 5.72. The zero-order chi connectivity index (χ0) is 25.4. The Morgan fingerprint density at radius 2 is 1.86 bits per heavy atom. The van der Waals surface area contributed by atoms with E-state index in [4.69, 9.17) is 19.7 Å². The van der Waals surface area contributed by atoms with Crippen LogP contribution in [-0.4, -0.2) is 52.0 Å². The molecule has 2 aliphatic carbocycles. The Morgan fingerprint density at radius 3 is 2.57 bits per heavy atom. The van der Waals surface area contributed by atoms with Crippen LogP contribution < -0.4 is 4.74 Å². The number of carboxylic acid groups (broad SMARTS) is 2. The van der Waals surface area contributed by atoms with E-state index in [0.717, 1.165) is 49.7 Å². The van der Waals surface area contributed by atoms with E-state index in [1.54, 1.807) is 6.07 Å². The molecule has 0 saturated heterocycles. The number of aliphatic hydroxyl groups excluding tert-OH is 1. The van der Waals surface area contributed by atoms with Gasteiger partial charge in [0.1, 0.15) is 11.9 Å². The number of rotatable bonds is 14. The maximum absolute atomic E-state index is 12.4. The van der Waals surface area contributed by atoms with E-state index in [1.165, 1.54) is 0 Å². The molecule has 3 rings (SSSR count). The van der Waals surface area contributed by atoms with Crippen LogP contribution in [0.2, 0.25) is 0 Å². The minimum atomic E-state index is -1.03. The lowest BCUT2D eigenvalue weighted by molar-refractivity contribution is -0.154. The van der Waals surface area contributed by atoms with Crippen molar-refractivity contribution in [3.63, 3.8) is 0 Å². The van der Waals surface area contributed by atoms with Gasteiger partial charge in [0, 0.05) is 0 Å². The van der Waals surface area contributed by atoms with Gasteiger partial charge in [0.05, 0.1) is 18.9 Å². The van der Waals surface area contributed by atoms with Crippen molar-refractivity contribution in [3.8, 4) is 5.75 Å². The summed E-state index contributed by atoms with van der Waals surface area (Å²) in [5.41, 5.74) is 2.15. The van der Waals surface area contributed by atoms with Gasteiger partial charge in [-0.2, -0.15) is 0 Å². The number of hydrogen-bond donors (Lipinski definition) is 3. The molecule has 2 aliphatic rings. The fourth-order valence-corrected chi connectivity index (χ4v) is 5.78. The van der Waals surface area contributed by atoms with Gasteiger partial charge in [0.25, 0.3) is 0 Å². The molecule has 35 heavy (non-hydrogen) atoms. The molecule has 0 bridgehead atoms. The van der Waals surface area contributed by atoms with Crippen LogP contribution in [0.25, 0.3) is 0 Å². The molecule has 0 aliphatic heterocycles. The smallest absolute Gasteiger partial charge is 0.341 e. The van der Waals surface area contributed by atoms with E-state index in [-0.39, 0.29) is 42.8 Å². The standard InChI is InChI=1S/C27H38O8/c1-2-3-4-7-19(28)9-10-20-21-13-17-6-5-8-23(34-16-26(31)32)22(17)14-18(21)15-24(20)35-27(33)12-11-25(29)30/h5-6,8,18-21,24,28H,2-4,7,9-16H2,1H3,(H,29,30)(H,31,32)/t18-,19-,20+,21-,24+/m0/s1. The van der Waals surface area contributed by atoms with Crippen molar-refractivity contribution in [3.05, 3.63) is 29.3 Å². The highest BCUT2D eigenvalue weighted by Gasteiger charge is 2.47. The van der Waals surface area contributed by atoms with Gasteiger partial charge < -0.3 is 24.8 Å². The van der Waals surface area contributed by atoms with E-state index in [2.05, 4.69) is 6.92 Å². The largest absolute Gasteiger partial charge is 0.482 e. The van der Waals surface area contributed by atoms with Gasteiger partial charge in [-0.05, 0) is 73.5 Å². The zero-order valence-electron chi connectivity index (χ0n) is 20.5.